The van der Waals surface area contributed by atoms with E-state index >= 15 is 0 Å². The molecule has 2 amide bonds. The van der Waals surface area contributed by atoms with Crippen molar-refractivity contribution in [1.29, 1.82) is 0 Å². The zero-order valence-corrected chi connectivity index (χ0v) is 15.6. The molecule has 5 nitrogen and oxygen atoms in total. The number of carbonyl (C=O) groups excluding carboxylic acids is 2. The van der Waals surface area contributed by atoms with E-state index in [4.69, 9.17) is 0 Å². The van der Waals surface area contributed by atoms with Crippen molar-refractivity contribution in [2.75, 3.05) is 13.7 Å². The Bertz CT molecular complexity index is 681. The van der Waals surface area contributed by atoms with Gasteiger partial charge in [0.25, 0.3) is 0 Å². The summed E-state index contributed by atoms with van der Waals surface area (Å²) in [6.45, 7) is 4.42. The first-order valence-corrected chi connectivity index (χ1v) is 9.11. The molecule has 2 rings (SSSR count). The summed E-state index contributed by atoms with van der Waals surface area (Å²) in [4.78, 5) is 24.0. The van der Waals surface area contributed by atoms with Crippen LogP contribution in [-0.4, -0.2) is 25.7 Å². The summed E-state index contributed by atoms with van der Waals surface area (Å²) in [5, 5.41) is 7.38. The van der Waals surface area contributed by atoms with Crippen molar-refractivity contribution < 1.29 is 14.3 Å². The highest BCUT2D eigenvalue weighted by molar-refractivity contribution is 7.10. The summed E-state index contributed by atoms with van der Waals surface area (Å²) >= 11 is 1.62. The van der Waals surface area contributed by atoms with Gasteiger partial charge in [-0.2, -0.15) is 0 Å². The minimum Gasteiger partial charge on any atom is -0.453 e. The third kappa shape index (κ3) is 5.99. The van der Waals surface area contributed by atoms with E-state index in [0.29, 0.717) is 5.92 Å². The normalized spacial score (nSPS) is 12.0. The number of nitrogens with one attached hydrogen (secondary N) is 2. The molecule has 2 aromatic rings. The van der Waals surface area contributed by atoms with Gasteiger partial charge < -0.3 is 4.74 Å². The number of benzene rings is 1. The van der Waals surface area contributed by atoms with Crippen molar-refractivity contribution in [2.45, 2.75) is 26.3 Å². The minimum atomic E-state index is -0.752. The van der Waals surface area contributed by atoms with Crippen LogP contribution in [0.25, 0.3) is 0 Å². The van der Waals surface area contributed by atoms with Crippen LogP contribution in [0, 0.1) is 5.92 Å². The first-order valence-electron chi connectivity index (χ1n) is 8.23. The third-order valence-electron chi connectivity index (χ3n) is 3.68. The maximum Gasteiger partial charge on any atom is 0.413 e. The molecule has 2 N–H and O–H groups in total. The van der Waals surface area contributed by atoms with Crippen LogP contribution in [0.4, 0.5) is 4.79 Å². The molecular formula is C19H24N2O3S. The van der Waals surface area contributed by atoms with Gasteiger partial charge in [-0.1, -0.05) is 44.2 Å². The number of amides is 2. The van der Waals surface area contributed by atoms with Gasteiger partial charge in [-0.25, -0.2) is 4.79 Å². The van der Waals surface area contributed by atoms with Crippen molar-refractivity contribution >= 4 is 23.3 Å². The van der Waals surface area contributed by atoms with Crippen molar-refractivity contribution in [2.24, 2.45) is 5.92 Å². The number of ether oxygens (including phenoxy) is 1. The van der Waals surface area contributed by atoms with Crippen molar-refractivity contribution in [3.8, 4) is 0 Å². The van der Waals surface area contributed by atoms with Gasteiger partial charge in [0.05, 0.1) is 19.7 Å². The number of imide groups is 1. The Morgan fingerprint density at radius 3 is 2.44 bits per heavy atom. The largest absolute Gasteiger partial charge is 0.453 e. The fraction of sp³-hybridized carbons (Fsp3) is 0.368. The number of thiophene rings is 1. The molecule has 0 aliphatic carbocycles. The summed E-state index contributed by atoms with van der Waals surface area (Å²) in [6, 6.07) is 12.4. The lowest BCUT2D eigenvalue weighted by molar-refractivity contribution is -0.119. The van der Waals surface area contributed by atoms with E-state index in [1.54, 1.807) is 11.3 Å². The van der Waals surface area contributed by atoms with Gasteiger partial charge in [0.15, 0.2) is 0 Å². The molecule has 0 saturated carbocycles. The number of alkyl carbamates (subject to hydrolysis) is 1. The molecule has 25 heavy (non-hydrogen) atoms. The highest BCUT2D eigenvalue weighted by Crippen LogP contribution is 2.26. The van der Waals surface area contributed by atoms with Crippen LogP contribution in [0.3, 0.4) is 0 Å². The average Bonchev–Trinajstić information content (AvgIpc) is 3.10. The molecule has 0 aliphatic rings. The fourth-order valence-corrected chi connectivity index (χ4v) is 3.39. The number of rotatable bonds is 7. The lowest BCUT2D eigenvalue weighted by Gasteiger charge is -2.18. The second-order valence-electron chi connectivity index (χ2n) is 6.21. The standard InChI is InChI=1S/C19H24N2O3S/c1-13(2)11-14-6-8-15(9-7-14)18(16-5-4-10-25-16)20-12-17(22)21-19(23)24-3/h4-10,13,18,20H,11-12H2,1-3H3,(H,21,22,23)/t18-/m0/s1. The molecule has 0 unspecified atom stereocenters. The summed E-state index contributed by atoms with van der Waals surface area (Å²) in [5.41, 5.74) is 2.38. The maximum atomic E-state index is 11.8. The maximum absolute atomic E-state index is 11.8. The zero-order valence-electron chi connectivity index (χ0n) is 14.7. The molecule has 134 valence electrons. The number of hydrogen-bond acceptors (Lipinski definition) is 5. The van der Waals surface area contributed by atoms with Gasteiger partial charge in [-0.05, 0) is 34.9 Å². The quantitative estimate of drug-likeness (QED) is 0.793. The van der Waals surface area contributed by atoms with Gasteiger partial charge in [-0.3, -0.25) is 15.4 Å². The Morgan fingerprint density at radius 1 is 1.16 bits per heavy atom. The first-order chi connectivity index (χ1) is 12.0. The lowest BCUT2D eigenvalue weighted by Crippen LogP contribution is -2.39. The topological polar surface area (TPSA) is 67.4 Å². The molecule has 0 saturated heterocycles. The molecule has 1 atom stereocenters. The Kier molecular flexibility index (Phi) is 7.16. The van der Waals surface area contributed by atoms with Gasteiger partial charge in [0.1, 0.15) is 0 Å². The molecule has 6 heteroatoms. The predicted octanol–water partition coefficient (Wildman–Crippen LogP) is 3.51. The molecular weight excluding hydrogens is 336 g/mol. The van der Waals surface area contributed by atoms with Crippen LogP contribution in [0.5, 0.6) is 0 Å². The van der Waals surface area contributed by atoms with E-state index in [1.165, 1.54) is 12.7 Å². The molecule has 0 spiro atoms. The van der Waals surface area contributed by atoms with E-state index in [1.807, 2.05) is 17.5 Å². The van der Waals surface area contributed by atoms with Crippen LogP contribution >= 0.6 is 11.3 Å². The monoisotopic (exact) mass is 360 g/mol. The summed E-state index contributed by atoms with van der Waals surface area (Å²) in [7, 11) is 1.23. The van der Waals surface area contributed by atoms with Gasteiger partial charge >= 0.3 is 6.09 Å². The molecule has 0 radical (unpaired) electrons. The van der Waals surface area contributed by atoms with Crippen LogP contribution in [0.1, 0.15) is 35.9 Å². The molecule has 0 fully saturated rings. The van der Waals surface area contributed by atoms with E-state index in [0.717, 1.165) is 16.9 Å². The van der Waals surface area contributed by atoms with Crippen molar-refractivity contribution in [1.82, 2.24) is 10.6 Å². The van der Waals surface area contributed by atoms with E-state index in [-0.39, 0.29) is 12.6 Å². The Morgan fingerprint density at radius 2 is 1.88 bits per heavy atom. The Hall–Kier alpha value is -2.18. The SMILES string of the molecule is COC(=O)NC(=O)CN[C@@H](c1ccc(CC(C)C)cc1)c1cccs1. The van der Waals surface area contributed by atoms with E-state index in [9.17, 15) is 9.59 Å². The fourth-order valence-electron chi connectivity index (χ4n) is 2.56. The second kappa shape index (κ2) is 9.34. The smallest absolute Gasteiger partial charge is 0.413 e. The van der Waals surface area contributed by atoms with Crippen LogP contribution in [-0.2, 0) is 16.0 Å². The Balaban J connectivity index is 2.09. The van der Waals surface area contributed by atoms with E-state index in [2.05, 4.69) is 53.5 Å². The van der Waals surface area contributed by atoms with Crippen LogP contribution in [0.15, 0.2) is 41.8 Å². The Labute approximate surface area is 152 Å². The third-order valence-corrected chi connectivity index (χ3v) is 4.62. The molecule has 1 aromatic heterocycles. The zero-order chi connectivity index (χ0) is 18.2. The first kappa shape index (κ1) is 19.1. The van der Waals surface area contributed by atoms with Gasteiger partial charge in [0.2, 0.25) is 5.91 Å². The second-order valence-corrected chi connectivity index (χ2v) is 7.19. The van der Waals surface area contributed by atoms with Crippen molar-refractivity contribution in [3.05, 3.63) is 57.8 Å². The summed E-state index contributed by atoms with van der Waals surface area (Å²) in [5.74, 6) is 0.184. The van der Waals surface area contributed by atoms with Crippen LogP contribution in [0.2, 0.25) is 0 Å². The predicted molar refractivity (Wildman–Crippen MR) is 99.7 cm³/mol. The number of carbonyl (C=O) groups is 2. The van der Waals surface area contributed by atoms with Gasteiger partial charge in [-0.15, -0.1) is 11.3 Å². The number of hydrogen-bond donors (Lipinski definition) is 2. The van der Waals surface area contributed by atoms with Crippen LogP contribution < -0.4 is 10.6 Å². The lowest BCUT2D eigenvalue weighted by atomic mass is 9.99. The molecule has 0 bridgehead atoms. The molecule has 0 aliphatic heterocycles. The number of methoxy groups -OCH3 is 1. The summed E-state index contributed by atoms with van der Waals surface area (Å²) < 4.78 is 4.43. The summed E-state index contributed by atoms with van der Waals surface area (Å²) in [6.07, 6.45) is 0.288. The average molecular weight is 360 g/mol. The highest BCUT2D eigenvalue weighted by atomic mass is 32.1. The van der Waals surface area contributed by atoms with E-state index < -0.39 is 12.0 Å². The van der Waals surface area contributed by atoms with Crippen molar-refractivity contribution in [3.63, 3.8) is 0 Å². The van der Waals surface area contributed by atoms with Gasteiger partial charge in [0, 0.05) is 4.88 Å². The highest BCUT2D eigenvalue weighted by Gasteiger charge is 2.17. The molecule has 1 heterocycles. The minimum absolute atomic E-state index is 0.0193. The molecule has 1 aromatic carbocycles.